The van der Waals surface area contributed by atoms with Crippen molar-refractivity contribution in [1.82, 2.24) is 9.88 Å². The minimum Gasteiger partial charge on any atom is -0.466 e. The van der Waals surface area contributed by atoms with E-state index in [9.17, 15) is 9.59 Å². The first-order valence-electron chi connectivity index (χ1n) is 11.0. The highest BCUT2D eigenvalue weighted by atomic mass is 32.2. The molecule has 0 N–H and O–H groups in total. The summed E-state index contributed by atoms with van der Waals surface area (Å²) in [4.78, 5) is 34.4. The van der Waals surface area contributed by atoms with Crippen molar-refractivity contribution in [2.24, 2.45) is 5.92 Å². The van der Waals surface area contributed by atoms with Gasteiger partial charge in [-0.2, -0.15) is 0 Å². The third-order valence-corrected chi connectivity index (χ3v) is 7.32. The lowest BCUT2D eigenvalue weighted by Gasteiger charge is -2.33. The fourth-order valence-electron chi connectivity index (χ4n) is 4.21. The van der Waals surface area contributed by atoms with Crippen molar-refractivity contribution in [2.45, 2.75) is 33.6 Å². The van der Waals surface area contributed by atoms with Crippen molar-refractivity contribution in [3.05, 3.63) is 40.3 Å². The molecule has 3 heterocycles. The Labute approximate surface area is 198 Å². The van der Waals surface area contributed by atoms with E-state index in [1.165, 1.54) is 11.8 Å². The number of nitrogens with zero attached hydrogens (tertiary/aromatic N) is 3. The third kappa shape index (κ3) is 4.38. The third-order valence-electron chi connectivity index (χ3n) is 5.95. The predicted molar refractivity (Wildman–Crippen MR) is 134 cm³/mol. The van der Waals surface area contributed by atoms with Crippen LogP contribution in [0.5, 0.6) is 0 Å². The highest BCUT2D eigenvalue weighted by Gasteiger charge is 2.32. The van der Waals surface area contributed by atoms with Gasteiger partial charge in [-0.25, -0.2) is 4.98 Å². The average Bonchev–Trinajstić information content (AvgIpc) is 3.06. The number of amides is 1. The van der Waals surface area contributed by atoms with Gasteiger partial charge in [0.2, 0.25) is 0 Å². The summed E-state index contributed by atoms with van der Waals surface area (Å²) in [6, 6.07) is 8.21. The Kier molecular flexibility index (Phi) is 6.81. The van der Waals surface area contributed by atoms with Crippen LogP contribution in [-0.4, -0.2) is 52.3 Å². The lowest BCUT2D eigenvalue weighted by molar-refractivity contribution is -0.148. The number of carbonyl (C=O) groups is 2. The number of aromatic nitrogens is 1. The minimum absolute atomic E-state index is 0.0567. The molecule has 2 aliphatic heterocycles. The first-order valence-corrected chi connectivity index (χ1v) is 12.2. The second-order valence-electron chi connectivity index (χ2n) is 7.99. The monoisotopic (exact) mass is 469 g/mol. The van der Waals surface area contributed by atoms with Crippen LogP contribution in [0.3, 0.4) is 0 Å². The highest BCUT2D eigenvalue weighted by molar-refractivity contribution is 8.26. The van der Waals surface area contributed by atoms with Crippen molar-refractivity contribution in [1.29, 1.82) is 0 Å². The number of thiocarbonyl (C=S) groups is 1. The van der Waals surface area contributed by atoms with Crippen molar-refractivity contribution in [3.63, 3.8) is 0 Å². The van der Waals surface area contributed by atoms with E-state index in [1.54, 1.807) is 4.90 Å². The van der Waals surface area contributed by atoms with Crippen LogP contribution in [-0.2, 0) is 14.3 Å². The summed E-state index contributed by atoms with van der Waals surface area (Å²) in [6.07, 6.45) is 3.37. The van der Waals surface area contributed by atoms with E-state index in [0.29, 0.717) is 35.5 Å². The van der Waals surface area contributed by atoms with Crippen molar-refractivity contribution >= 4 is 63.0 Å². The predicted octanol–water partition coefficient (Wildman–Crippen LogP) is 4.54. The number of thioether (sulfide) groups is 1. The zero-order chi connectivity index (χ0) is 22.8. The maximum atomic E-state index is 12.8. The van der Waals surface area contributed by atoms with Crippen LogP contribution in [0.1, 0.15) is 37.8 Å². The maximum absolute atomic E-state index is 12.8. The van der Waals surface area contributed by atoms with Gasteiger partial charge in [-0.15, -0.1) is 0 Å². The SMILES string of the molecule is CCOC(=O)C1CCN(c2nc3c(C)cccc3cc2/C=C2\SC(=S)N(CC)C2=O)CC1. The van der Waals surface area contributed by atoms with Crippen molar-refractivity contribution in [2.75, 3.05) is 31.1 Å². The van der Waals surface area contributed by atoms with Crippen LogP contribution >= 0.6 is 24.0 Å². The van der Waals surface area contributed by atoms with Crippen molar-refractivity contribution < 1.29 is 14.3 Å². The number of esters is 1. The number of rotatable bonds is 5. The zero-order valence-corrected chi connectivity index (χ0v) is 20.2. The largest absolute Gasteiger partial charge is 0.466 e. The van der Waals surface area contributed by atoms with Gasteiger partial charge in [-0.1, -0.05) is 42.2 Å². The second-order valence-corrected chi connectivity index (χ2v) is 9.66. The molecular weight excluding hydrogens is 442 g/mol. The van der Waals surface area contributed by atoms with Gasteiger partial charge in [0.1, 0.15) is 10.1 Å². The van der Waals surface area contributed by atoms with Crippen LogP contribution in [0.4, 0.5) is 5.82 Å². The molecular formula is C24H27N3O3S2. The van der Waals surface area contributed by atoms with Crippen LogP contribution in [0.2, 0.25) is 0 Å². The number of anilines is 1. The number of hydrogen-bond acceptors (Lipinski definition) is 7. The molecule has 0 aliphatic carbocycles. The van der Waals surface area contributed by atoms with E-state index in [2.05, 4.69) is 24.0 Å². The summed E-state index contributed by atoms with van der Waals surface area (Å²) >= 11 is 6.71. The Morgan fingerprint density at radius 2 is 2.06 bits per heavy atom. The number of pyridine rings is 1. The molecule has 1 aromatic carbocycles. The summed E-state index contributed by atoms with van der Waals surface area (Å²) in [7, 11) is 0. The summed E-state index contributed by atoms with van der Waals surface area (Å²) in [5, 5.41) is 1.03. The Morgan fingerprint density at radius 1 is 1.31 bits per heavy atom. The Morgan fingerprint density at radius 3 is 2.72 bits per heavy atom. The summed E-state index contributed by atoms with van der Waals surface area (Å²) in [5.74, 6) is 0.602. The minimum atomic E-state index is -0.113. The number of carbonyl (C=O) groups excluding carboxylic acids is 2. The van der Waals surface area contributed by atoms with Crippen LogP contribution in [0.25, 0.3) is 17.0 Å². The zero-order valence-electron chi connectivity index (χ0n) is 18.6. The van der Waals surface area contributed by atoms with Crippen LogP contribution in [0.15, 0.2) is 29.2 Å². The first kappa shape index (κ1) is 22.7. The van der Waals surface area contributed by atoms with Gasteiger partial charge < -0.3 is 9.64 Å². The molecule has 2 aliphatic rings. The molecule has 0 unspecified atom stereocenters. The van der Waals surface area contributed by atoms with Gasteiger partial charge in [0.25, 0.3) is 5.91 Å². The molecule has 0 atom stereocenters. The summed E-state index contributed by atoms with van der Waals surface area (Å²) in [6.45, 7) is 8.21. The van der Waals surface area contributed by atoms with E-state index < -0.39 is 0 Å². The first-order chi connectivity index (χ1) is 15.4. The Bertz CT molecular complexity index is 1110. The quantitative estimate of drug-likeness (QED) is 0.362. The van der Waals surface area contributed by atoms with E-state index in [0.717, 1.165) is 40.7 Å². The molecule has 4 rings (SSSR count). The number of ether oxygens (including phenoxy) is 1. The number of aryl methyl sites for hydroxylation is 1. The Hall–Kier alpha value is -2.45. The molecule has 0 saturated carbocycles. The van der Waals surface area contributed by atoms with E-state index in [-0.39, 0.29) is 17.8 Å². The lowest BCUT2D eigenvalue weighted by Crippen LogP contribution is -2.37. The highest BCUT2D eigenvalue weighted by Crippen LogP contribution is 2.36. The molecule has 0 radical (unpaired) electrons. The molecule has 2 saturated heterocycles. The number of fused-ring (bicyclic) bond motifs is 1. The van der Waals surface area contributed by atoms with E-state index in [1.807, 2.05) is 32.1 Å². The maximum Gasteiger partial charge on any atom is 0.309 e. The summed E-state index contributed by atoms with van der Waals surface area (Å²) in [5.41, 5.74) is 2.96. The number of likely N-dealkylation sites (N-methyl/N-ethyl adjacent to an activating group) is 1. The molecule has 0 spiro atoms. The smallest absolute Gasteiger partial charge is 0.309 e. The molecule has 168 valence electrons. The molecule has 2 fully saturated rings. The van der Waals surface area contributed by atoms with Gasteiger partial charge >= 0.3 is 5.97 Å². The number of para-hydroxylation sites is 1. The van der Waals surface area contributed by atoms with Crippen molar-refractivity contribution in [3.8, 4) is 0 Å². The van der Waals surface area contributed by atoms with Gasteiger partial charge in [-0.05, 0) is 51.3 Å². The van der Waals surface area contributed by atoms with E-state index >= 15 is 0 Å². The fraction of sp³-hybridized carbons (Fsp3) is 0.417. The average molecular weight is 470 g/mol. The number of hydrogen-bond donors (Lipinski definition) is 0. The second kappa shape index (κ2) is 9.58. The topological polar surface area (TPSA) is 62.7 Å². The molecule has 1 aromatic heterocycles. The van der Waals surface area contributed by atoms with Gasteiger partial charge in [-0.3, -0.25) is 14.5 Å². The van der Waals surface area contributed by atoms with Crippen LogP contribution < -0.4 is 4.90 Å². The van der Waals surface area contributed by atoms with Gasteiger partial charge in [0.15, 0.2) is 0 Å². The molecule has 2 aromatic rings. The number of piperidine rings is 1. The van der Waals surface area contributed by atoms with Gasteiger partial charge in [0, 0.05) is 30.6 Å². The fourth-order valence-corrected chi connectivity index (χ4v) is 5.59. The van der Waals surface area contributed by atoms with E-state index in [4.69, 9.17) is 21.9 Å². The Balaban J connectivity index is 1.71. The molecule has 0 bridgehead atoms. The molecule has 8 heteroatoms. The molecule has 32 heavy (non-hydrogen) atoms. The van der Waals surface area contributed by atoms with Gasteiger partial charge in [0.05, 0.1) is 22.9 Å². The standard InChI is InChI=1S/C24H27N3O3S2/c1-4-27-22(28)19(32-24(27)31)14-18-13-17-8-6-7-15(3)20(17)25-21(18)26-11-9-16(10-12-26)23(29)30-5-2/h6-8,13-14,16H,4-5,9-12H2,1-3H3/b19-14-. The lowest BCUT2D eigenvalue weighted by atomic mass is 9.96. The van der Waals surface area contributed by atoms with Crippen LogP contribution in [0, 0.1) is 12.8 Å². The normalized spacial score (nSPS) is 18.8. The number of benzene rings is 1. The summed E-state index contributed by atoms with van der Waals surface area (Å²) < 4.78 is 5.80. The molecule has 6 nitrogen and oxygen atoms in total. The molecule has 1 amide bonds.